The third-order valence-corrected chi connectivity index (χ3v) is 5.54. The number of carbonyl (C=O) groups excluding carboxylic acids is 1. The molecule has 0 radical (unpaired) electrons. The fourth-order valence-corrected chi connectivity index (χ4v) is 4.16. The van der Waals surface area contributed by atoms with E-state index >= 15 is 8.78 Å². The SMILES string of the molecule is COC(=O)/C=C/c1cc(F)c([C@@H]2c3cc(N)c(O)cc3C[C@@H](C)N2CC(C)(C)F)c(F)c1. The molecule has 0 aliphatic carbocycles. The first kappa shape index (κ1) is 23.7. The summed E-state index contributed by atoms with van der Waals surface area (Å²) in [6.07, 6.45) is 2.77. The predicted octanol–water partition coefficient (Wildman–Crippen LogP) is 4.52. The molecule has 0 unspecified atom stereocenters. The number of phenolic OH excluding ortho intramolecular Hbond substituents is 1. The molecule has 8 heteroatoms. The van der Waals surface area contributed by atoms with Crippen LogP contribution in [0.2, 0.25) is 0 Å². The number of ether oxygens (including phenoxy) is 1. The lowest BCUT2D eigenvalue weighted by Crippen LogP contribution is -2.48. The van der Waals surface area contributed by atoms with Crippen molar-refractivity contribution in [2.24, 2.45) is 0 Å². The second kappa shape index (κ2) is 8.86. The molecule has 0 amide bonds. The van der Waals surface area contributed by atoms with Gasteiger partial charge >= 0.3 is 5.97 Å². The number of alkyl halides is 1. The molecule has 1 heterocycles. The van der Waals surface area contributed by atoms with Gasteiger partial charge in [-0.05, 0) is 74.2 Å². The molecule has 0 bridgehead atoms. The minimum absolute atomic E-state index is 0.0675. The Bertz CT molecular complexity index is 1040. The maximum absolute atomic E-state index is 15.3. The summed E-state index contributed by atoms with van der Waals surface area (Å²) in [5, 5.41) is 10.0. The summed E-state index contributed by atoms with van der Waals surface area (Å²) in [6.45, 7) is 4.59. The Hall–Kier alpha value is -3.00. The molecule has 2 aromatic carbocycles. The molecular weight excluding hydrogens is 421 g/mol. The lowest BCUT2D eigenvalue weighted by atomic mass is 9.83. The molecule has 5 nitrogen and oxygen atoms in total. The predicted molar refractivity (Wildman–Crippen MR) is 117 cm³/mol. The number of methoxy groups -OCH3 is 1. The normalized spacial score (nSPS) is 19.2. The van der Waals surface area contributed by atoms with Crippen LogP contribution in [-0.4, -0.2) is 41.3 Å². The molecule has 0 saturated carbocycles. The highest BCUT2D eigenvalue weighted by Crippen LogP contribution is 2.43. The number of anilines is 1. The molecule has 2 atom stereocenters. The van der Waals surface area contributed by atoms with Gasteiger partial charge in [0.15, 0.2) is 0 Å². The smallest absolute Gasteiger partial charge is 0.330 e. The van der Waals surface area contributed by atoms with E-state index in [-0.39, 0.29) is 35.2 Å². The molecule has 3 rings (SSSR count). The van der Waals surface area contributed by atoms with Crippen molar-refractivity contribution in [3.8, 4) is 5.75 Å². The van der Waals surface area contributed by atoms with Gasteiger partial charge in [-0.1, -0.05) is 0 Å². The van der Waals surface area contributed by atoms with E-state index in [1.165, 1.54) is 39.2 Å². The van der Waals surface area contributed by atoms with E-state index in [4.69, 9.17) is 5.73 Å². The Morgan fingerprint density at radius 2 is 1.91 bits per heavy atom. The van der Waals surface area contributed by atoms with E-state index in [1.807, 2.05) is 6.92 Å². The Morgan fingerprint density at radius 3 is 2.47 bits per heavy atom. The number of nitrogens with zero attached hydrogens (tertiary/aromatic N) is 1. The van der Waals surface area contributed by atoms with E-state index in [0.29, 0.717) is 17.5 Å². The van der Waals surface area contributed by atoms with Crippen LogP contribution in [0.5, 0.6) is 5.75 Å². The van der Waals surface area contributed by atoms with Gasteiger partial charge in [0, 0.05) is 24.2 Å². The highest BCUT2D eigenvalue weighted by Gasteiger charge is 2.39. The average molecular weight is 448 g/mol. The van der Waals surface area contributed by atoms with Gasteiger partial charge in [0.1, 0.15) is 23.1 Å². The molecule has 0 fully saturated rings. The second-order valence-electron chi connectivity index (χ2n) is 8.71. The van der Waals surface area contributed by atoms with Gasteiger partial charge in [-0.15, -0.1) is 0 Å². The number of esters is 1. The molecule has 2 aromatic rings. The molecule has 0 saturated heterocycles. The van der Waals surface area contributed by atoms with Gasteiger partial charge < -0.3 is 15.6 Å². The van der Waals surface area contributed by atoms with E-state index in [0.717, 1.165) is 18.2 Å². The maximum Gasteiger partial charge on any atom is 0.330 e. The van der Waals surface area contributed by atoms with Crippen molar-refractivity contribution < 1.29 is 27.8 Å². The minimum Gasteiger partial charge on any atom is -0.506 e. The van der Waals surface area contributed by atoms with Crippen molar-refractivity contribution in [1.82, 2.24) is 4.90 Å². The van der Waals surface area contributed by atoms with Crippen LogP contribution in [0.1, 0.15) is 49.1 Å². The van der Waals surface area contributed by atoms with Gasteiger partial charge in [0.2, 0.25) is 0 Å². The Balaban J connectivity index is 2.18. The van der Waals surface area contributed by atoms with Gasteiger partial charge in [-0.3, -0.25) is 4.90 Å². The van der Waals surface area contributed by atoms with Crippen LogP contribution in [0.4, 0.5) is 18.9 Å². The molecule has 0 aromatic heterocycles. The van der Waals surface area contributed by atoms with Crippen LogP contribution in [0.3, 0.4) is 0 Å². The average Bonchev–Trinajstić information content (AvgIpc) is 2.68. The molecule has 32 heavy (non-hydrogen) atoms. The number of fused-ring (bicyclic) bond motifs is 1. The largest absolute Gasteiger partial charge is 0.506 e. The van der Waals surface area contributed by atoms with Gasteiger partial charge in [0.05, 0.1) is 18.8 Å². The van der Waals surface area contributed by atoms with Gasteiger partial charge in [-0.2, -0.15) is 0 Å². The maximum atomic E-state index is 15.3. The third-order valence-electron chi connectivity index (χ3n) is 5.54. The van der Waals surface area contributed by atoms with E-state index in [2.05, 4.69) is 4.74 Å². The van der Waals surface area contributed by atoms with Gasteiger partial charge in [-0.25, -0.2) is 18.0 Å². The minimum atomic E-state index is -1.62. The highest BCUT2D eigenvalue weighted by molar-refractivity contribution is 5.86. The molecular formula is C24H27F3N2O3. The number of nitrogens with two attached hydrogens (primary N) is 1. The van der Waals surface area contributed by atoms with Crippen LogP contribution in [0.15, 0.2) is 30.3 Å². The zero-order valence-electron chi connectivity index (χ0n) is 18.5. The summed E-state index contributed by atoms with van der Waals surface area (Å²) in [4.78, 5) is 13.0. The number of nitrogen functional groups attached to an aromatic ring is 1. The van der Waals surface area contributed by atoms with Crippen molar-refractivity contribution in [3.05, 3.63) is 64.2 Å². The first-order valence-corrected chi connectivity index (χ1v) is 10.2. The summed E-state index contributed by atoms with van der Waals surface area (Å²) < 4.78 is 49.8. The summed E-state index contributed by atoms with van der Waals surface area (Å²) >= 11 is 0. The summed E-state index contributed by atoms with van der Waals surface area (Å²) in [5.41, 5.74) is 5.43. The zero-order chi connectivity index (χ0) is 23.8. The Labute approximate surface area is 185 Å². The van der Waals surface area contributed by atoms with Crippen molar-refractivity contribution in [2.45, 2.75) is 44.9 Å². The molecule has 172 valence electrons. The standard InChI is InChI=1S/C24H27F3N2O3/c1-13-7-15-10-20(30)19(28)11-16(15)23(29(13)12-24(2,3)27)22-17(25)8-14(9-18(22)26)5-6-21(31)32-4/h5-6,8-11,13,23,30H,7,12,28H2,1-4H3/b6-5+/t13-,23+/m1/s1. The summed E-state index contributed by atoms with van der Waals surface area (Å²) in [6, 6.07) is 3.99. The third kappa shape index (κ3) is 4.91. The number of phenols is 1. The van der Waals surface area contributed by atoms with E-state index in [1.54, 1.807) is 4.90 Å². The van der Waals surface area contributed by atoms with Crippen molar-refractivity contribution in [3.63, 3.8) is 0 Å². The number of halogens is 3. The summed E-state index contributed by atoms with van der Waals surface area (Å²) in [7, 11) is 1.20. The number of carbonyl (C=O) groups is 1. The number of rotatable bonds is 5. The van der Waals surface area contributed by atoms with Gasteiger partial charge in [0.25, 0.3) is 0 Å². The summed E-state index contributed by atoms with van der Waals surface area (Å²) in [5.74, 6) is -2.45. The van der Waals surface area contributed by atoms with Crippen LogP contribution in [0, 0.1) is 11.6 Å². The zero-order valence-corrected chi connectivity index (χ0v) is 18.5. The van der Waals surface area contributed by atoms with Crippen molar-refractivity contribution >= 4 is 17.7 Å². The lowest BCUT2D eigenvalue weighted by Gasteiger charge is -2.44. The van der Waals surface area contributed by atoms with E-state index < -0.39 is 29.3 Å². The van der Waals surface area contributed by atoms with Crippen molar-refractivity contribution in [2.75, 3.05) is 19.4 Å². The van der Waals surface area contributed by atoms with Crippen LogP contribution in [-0.2, 0) is 16.0 Å². The van der Waals surface area contributed by atoms with E-state index in [9.17, 15) is 14.3 Å². The van der Waals surface area contributed by atoms with Crippen LogP contribution >= 0.6 is 0 Å². The second-order valence-corrected chi connectivity index (χ2v) is 8.71. The Kier molecular flexibility index (Phi) is 6.55. The molecule has 3 N–H and O–H groups in total. The number of aromatic hydroxyl groups is 1. The number of benzene rings is 2. The fraction of sp³-hybridized carbons (Fsp3) is 0.375. The lowest BCUT2D eigenvalue weighted by molar-refractivity contribution is -0.134. The topological polar surface area (TPSA) is 75.8 Å². The quantitative estimate of drug-likeness (QED) is 0.304. The van der Waals surface area contributed by atoms with Crippen LogP contribution < -0.4 is 5.73 Å². The number of hydrogen-bond acceptors (Lipinski definition) is 5. The molecule has 1 aliphatic rings. The highest BCUT2D eigenvalue weighted by atomic mass is 19.1. The molecule has 0 spiro atoms. The molecule has 1 aliphatic heterocycles. The first-order valence-electron chi connectivity index (χ1n) is 10.2. The first-order chi connectivity index (χ1) is 14.9. The fourth-order valence-electron chi connectivity index (χ4n) is 4.16. The Morgan fingerprint density at radius 1 is 1.28 bits per heavy atom. The van der Waals surface area contributed by atoms with Crippen LogP contribution in [0.25, 0.3) is 6.08 Å². The van der Waals surface area contributed by atoms with Crippen molar-refractivity contribution in [1.29, 1.82) is 0 Å². The monoisotopic (exact) mass is 448 g/mol. The number of hydrogen-bond donors (Lipinski definition) is 2.